The van der Waals surface area contributed by atoms with E-state index in [1.165, 1.54) is 0 Å². The fourth-order valence-electron chi connectivity index (χ4n) is 3.50. The normalized spacial score (nSPS) is 15.3. The Labute approximate surface area is 152 Å². The molecule has 7 heteroatoms. The number of aromatic nitrogens is 3. The molecule has 0 unspecified atom stereocenters. The largest absolute Gasteiger partial charge is 0.481 e. The van der Waals surface area contributed by atoms with Crippen molar-refractivity contribution in [3.63, 3.8) is 0 Å². The Morgan fingerprint density at radius 2 is 1.96 bits per heavy atom. The Bertz CT molecular complexity index is 801. The van der Waals surface area contributed by atoms with Crippen molar-refractivity contribution in [3.05, 3.63) is 46.1 Å². The van der Waals surface area contributed by atoms with Crippen LogP contribution >= 0.6 is 0 Å². The van der Waals surface area contributed by atoms with Crippen LogP contribution < -0.4 is 11.0 Å². The van der Waals surface area contributed by atoms with Gasteiger partial charge in [-0.05, 0) is 69.3 Å². The molecule has 0 aliphatic carbocycles. The maximum Gasteiger partial charge on any atom is 0.350 e. The number of nitrogens with one attached hydrogen (secondary N) is 1. The summed E-state index contributed by atoms with van der Waals surface area (Å²) in [6.45, 7) is 4.59. The van der Waals surface area contributed by atoms with Gasteiger partial charge in [-0.15, -0.1) is 0 Å². The molecule has 0 atom stereocenters. The van der Waals surface area contributed by atoms with Crippen LogP contribution in [0.2, 0.25) is 0 Å². The summed E-state index contributed by atoms with van der Waals surface area (Å²) in [6, 6.07) is 7.45. The molecule has 140 valence electrons. The van der Waals surface area contributed by atoms with Crippen molar-refractivity contribution in [2.75, 3.05) is 13.1 Å². The Morgan fingerprint density at radius 3 is 2.62 bits per heavy atom. The van der Waals surface area contributed by atoms with E-state index in [4.69, 9.17) is 5.11 Å². The smallest absolute Gasteiger partial charge is 0.350 e. The molecule has 0 saturated carbocycles. The van der Waals surface area contributed by atoms with Gasteiger partial charge in [0.25, 0.3) is 0 Å². The lowest BCUT2D eigenvalue weighted by molar-refractivity contribution is -0.136. The topological polar surface area (TPSA) is 89.2 Å². The Morgan fingerprint density at radius 1 is 1.27 bits per heavy atom. The number of nitrogens with zero attached hydrogens (tertiary/aromatic N) is 3. The summed E-state index contributed by atoms with van der Waals surface area (Å²) in [4.78, 5) is 23.4. The highest BCUT2D eigenvalue weighted by Gasteiger charge is 2.16. The molecule has 0 radical (unpaired) electrons. The molecule has 7 nitrogen and oxygen atoms in total. The fraction of sp³-hybridized carbons (Fsp3) is 0.526. The number of aliphatic carboxylic acids is 1. The van der Waals surface area contributed by atoms with E-state index in [-0.39, 0.29) is 12.1 Å². The number of hydrogen-bond acceptors (Lipinski definition) is 4. The molecule has 0 bridgehead atoms. The third-order valence-corrected chi connectivity index (χ3v) is 5.03. The van der Waals surface area contributed by atoms with E-state index < -0.39 is 5.97 Å². The van der Waals surface area contributed by atoms with Crippen molar-refractivity contribution < 1.29 is 9.90 Å². The molecule has 1 aromatic heterocycles. The average molecular weight is 358 g/mol. The van der Waals surface area contributed by atoms with Crippen LogP contribution in [0.1, 0.15) is 37.1 Å². The molecule has 1 aliphatic heterocycles. The van der Waals surface area contributed by atoms with E-state index in [1.54, 1.807) is 9.25 Å². The van der Waals surface area contributed by atoms with E-state index in [0.29, 0.717) is 24.7 Å². The molecule has 3 rings (SSSR count). The van der Waals surface area contributed by atoms with Crippen LogP contribution in [0, 0.1) is 12.8 Å². The third kappa shape index (κ3) is 4.40. The van der Waals surface area contributed by atoms with E-state index in [0.717, 1.165) is 43.6 Å². The van der Waals surface area contributed by atoms with Gasteiger partial charge in [-0.3, -0.25) is 4.79 Å². The summed E-state index contributed by atoms with van der Waals surface area (Å²) in [6.07, 6.45) is 3.89. The number of piperidine rings is 1. The Balaban J connectivity index is 1.70. The predicted octanol–water partition coefficient (Wildman–Crippen LogP) is 1.75. The zero-order valence-electron chi connectivity index (χ0n) is 15.1. The molecule has 26 heavy (non-hydrogen) atoms. The van der Waals surface area contributed by atoms with Gasteiger partial charge in [0.15, 0.2) is 0 Å². The van der Waals surface area contributed by atoms with Crippen molar-refractivity contribution in [2.24, 2.45) is 5.92 Å². The lowest BCUT2D eigenvalue weighted by Gasteiger charge is -2.22. The van der Waals surface area contributed by atoms with Crippen LogP contribution in [0.15, 0.2) is 29.1 Å². The highest BCUT2D eigenvalue weighted by atomic mass is 16.4. The summed E-state index contributed by atoms with van der Waals surface area (Å²) < 4.78 is 3.18. The SMILES string of the molecule is Cc1nn(CCC2CCNCC2)c(=O)n1-c1ccc(CCC(=O)O)cc1. The number of hydrogen-bond donors (Lipinski definition) is 2. The van der Waals surface area contributed by atoms with Gasteiger partial charge in [0.05, 0.1) is 5.69 Å². The van der Waals surface area contributed by atoms with Gasteiger partial charge in [0.1, 0.15) is 5.82 Å². The molecular formula is C19H26N4O3. The number of carboxylic acid groups (broad SMARTS) is 1. The lowest BCUT2D eigenvalue weighted by Crippen LogP contribution is -2.30. The summed E-state index contributed by atoms with van der Waals surface area (Å²) in [7, 11) is 0. The number of rotatable bonds is 7. The second-order valence-corrected chi connectivity index (χ2v) is 6.93. The molecule has 1 fully saturated rings. The second-order valence-electron chi connectivity index (χ2n) is 6.93. The van der Waals surface area contributed by atoms with Crippen LogP contribution in [-0.4, -0.2) is 38.5 Å². The maximum absolute atomic E-state index is 12.7. The van der Waals surface area contributed by atoms with Gasteiger partial charge < -0.3 is 10.4 Å². The maximum atomic E-state index is 12.7. The minimum Gasteiger partial charge on any atom is -0.481 e. The van der Waals surface area contributed by atoms with E-state index in [9.17, 15) is 9.59 Å². The Hall–Kier alpha value is -2.41. The van der Waals surface area contributed by atoms with Gasteiger partial charge >= 0.3 is 11.7 Å². The summed E-state index contributed by atoms with van der Waals surface area (Å²) in [5.41, 5.74) is 1.59. The van der Waals surface area contributed by atoms with Gasteiger partial charge in [-0.25, -0.2) is 14.0 Å². The lowest BCUT2D eigenvalue weighted by atomic mass is 9.95. The summed E-state index contributed by atoms with van der Waals surface area (Å²) in [5.74, 6) is 0.511. The molecule has 1 aliphatic rings. The standard InChI is InChI=1S/C19H26N4O3/c1-14-21-22(13-10-16-8-11-20-12-9-16)19(26)23(14)17-5-2-15(3-6-17)4-7-18(24)25/h2-3,5-6,16,20H,4,7-13H2,1H3,(H,24,25). The first-order valence-electron chi connectivity index (χ1n) is 9.23. The van der Waals surface area contributed by atoms with Crippen molar-refractivity contribution in [1.82, 2.24) is 19.7 Å². The highest BCUT2D eigenvalue weighted by Crippen LogP contribution is 2.16. The third-order valence-electron chi connectivity index (χ3n) is 5.03. The van der Waals surface area contributed by atoms with Crippen LogP contribution in [0.5, 0.6) is 0 Å². The van der Waals surface area contributed by atoms with Crippen LogP contribution in [0.25, 0.3) is 5.69 Å². The van der Waals surface area contributed by atoms with Crippen molar-refractivity contribution >= 4 is 5.97 Å². The minimum absolute atomic E-state index is 0.104. The van der Waals surface area contributed by atoms with Crippen molar-refractivity contribution in [3.8, 4) is 5.69 Å². The molecule has 0 spiro atoms. The number of carboxylic acids is 1. The summed E-state index contributed by atoms with van der Waals surface area (Å²) in [5, 5.41) is 16.6. The van der Waals surface area contributed by atoms with Crippen LogP contribution in [-0.2, 0) is 17.8 Å². The molecule has 2 aromatic rings. The fourth-order valence-corrected chi connectivity index (χ4v) is 3.50. The first-order chi connectivity index (χ1) is 12.5. The molecule has 1 aromatic carbocycles. The first kappa shape index (κ1) is 18.4. The molecule has 1 saturated heterocycles. The second kappa shape index (κ2) is 8.31. The van der Waals surface area contributed by atoms with Crippen LogP contribution in [0.4, 0.5) is 0 Å². The quantitative estimate of drug-likeness (QED) is 0.787. The highest BCUT2D eigenvalue weighted by molar-refractivity contribution is 5.67. The molecular weight excluding hydrogens is 332 g/mol. The van der Waals surface area contributed by atoms with Gasteiger partial charge in [-0.2, -0.15) is 5.10 Å². The number of benzene rings is 1. The van der Waals surface area contributed by atoms with E-state index in [2.05, 4.69) is 10.4 Å². The Kier molecular flexibility index (Phi) is 5.88. The molecule has 0 amide bonds. The summed E-state index contributed by atoms with van der Waals surface area (Å²) >= 11 is 0. The number of carbonyl (C=O) groups is 1. The van der Waals surface area contributed by atoms with Gasteiger partial charge in [0.2, 0.25) is 0 Å². The van der Waals surface area contributed by atoms with E-state index in [1.807, 2.05) is 31.2 Å². The molecule has 2 N–H and O–H groups in total. The zero-order valence-corrected chi connectivity index (χ0v) is 15.1. The van der Waals surface area contributed by atoms with Crippen molar-refractivity contribution in [2.45, 2.75) is 45.6 Å². The van der Waals surface area contributed by atoms with E-state index >= 15 is 0 Å². The zero-order chi connectivity index (χ0) is 18.5. The average Bonchev–Trinajstić information content (AvgIpc) is 2.93. The van der Waals surface area contributed by atoms with Gasteiger partial charge in [-0.1, -0.05) is 12.1 Å². The first-order valence-corrected chi connectivity index (χ1v) is 9.23. The van der Waals surface area contributed by atoms with Crippen LogP contribution in [0.3, 0.4) is 0 Å². The predicted molar refractivity (Wildman–Crippen MR) is 98.7 cm³/mol. The van der Waals surface area contributed by atoms with Gasteiger partial charge in [0, 0.05) is 13.0 Å². The number of aryl methyl sites for hydroxylation is 3. The molecule has 2 heterocycles. The van der Waals surface area contributed by atoms with Crippen molar-refractivity contribution in [1.29, 1.82) is 0 Å². The monoisotopic (exact) mass is 358 g/mol. The minimum atomic E-state index is -0.809.